The van der Waals surface area contributed by atoms with Gasteiger partial charge in [-0.05, 0) is 33.1 Å². The summed E-state index contributed by atoms with van der Waals surface area (Å²) in [6.45, 7) is 3.68. The summed E-state index contributed by atoms with van der Waals surface area (Å²) in [5.74, 6) is 0. The summed E-state index contributed by atoms with van der Waals surface area (Å²) in [5, 5.41) is 8.68. The van der Waals surface area contributed by atoms with Crippen molar-refractivity contribution in [2.75, 3.05) is 0 Å². The molecule has 0 aromatic carbocycles. The van der Waals surface area contributed by atoms with E-state index in [4.69, 9.17) is 0 Å². The molecule has 2 aromatic rings. The highest BCUT2D eigenvalue weighted by atomic mass is 32.2. The van der Waals surface area contributed by atoms with Crippen LogP contribution in [-0.4, -0.2) is 28.0 Å². The van der Waals surface area contributed by atoms with E-state index < -0.39 is 10.0 Å². The van der Waals surface area contributed by atoms with E-state index in [1.54, 1.807) is 20.2 Å². The Morgan fingerprint density at radius 1 is 1.27 bits per heavy atom. The van der Waals surface area contributed by atoms with Crippen molar-refractivity contribution in [3.05, 3.63) is 28.7 Å². The highest BCUT2D eigenvalue weighted by Crippen LogP contribution is 2.33. The van der Waals surface area contributed by atoms with E-state index in [1.807, 2.05) is 18.7 Å². The molecule has 1 N–H and O–H groups in total. The lowest BCUT2D eigenvalue weighted by Crippen LogP contribution is -2.33. The molecular weight excluding hydrogens is 302 g/mol. The maximum atomic E-state index is 12.7. The molecule has 1 atom stereocenters. The maximum absolute atomic E-state index is 12.7. The Morgan fingerprint density at radius 3 is 2.64 bits per heavy atom. The first-order chi connectivity index (χ1) is 10.3. The summed E-state index contributed by atoms with van der Waals surface area (Å²) in [5.41, 5.74) is 3.69. The van der Waals surface area contributed by atoms with Crippen LogP contribution in [0.3, 0.4) is 0 Å². The van der Waals surface area contributed by atoms with Gasteiger partial charge in [-0.15, -0.1) is 0 Å². The quantitative estimate of drug-likeness (QED) is 0.918. The highest BCUT2D eigenvalue weighted by Gasteiger charge is 2.31. The van der Waals surface area contributed by atoms with Crippen molar-refractivity contribution in [1.82, 2.24) is 24.3 Å². The summed E-state index contributed by atoms with van der Waals surface area (Å²) in [6, 6.07) is -0.225. The van der Waals surface area contributed by atoms with Gasteiger partial charge in [0.15, 0.2) is 5.03 Å². The van der Waals surface area contributed by atoms with Crippen LogP contribution in [0.4, 0.5) is 0 Å². The van der Waals surface area contributed by atoms with Crippen LogP contribution in [0.2, 0.25) is 0 Å². The molecule has 2 heterocycles. The average Bonchev–Trinajstić information content (AvgIpc) is 2.91. The third kappa shape index (κ3) is 2.36. The smallest absolute Gasteiger partial charge is 0.258 e. The number of hydrogen-bond acceptors (Lipinski definition) is 4. The molecule has 1 aliphatic carbocycles. The minimum atomic E-state index is -3.61. The first kappa shape index (κ1) is 15.2. The van der Waals surface area contributed by atoms with Crippen molar-refractivity contribution in [3.8, 4) is 0 Å². The highest BCUT2D eigenvalue weighted by molar-refractivity contribution is 7.89. The molecule has 8 heteroatoms. The topological polar surface area (TPSA) is 81.8 Å². The number of nitrogens with zero attached hydrogens (tertiary/aromatic N) is 4. The van der Waals surface area contributed by atoms with Crippen LogP contribution in [0.5, 0.6) is 0 Å². The molecule has 0 saturated carbocycles. The molecule has 0 spiro atoms. The number of hydrogen-bond donors (Lipinski definition) is 1. The lowest BCUT2D eigenvalue weighted by Gasteiger charge is -2.24. The van der Waals surface area contributed by atoms with E-state index in [1.165, 1.54) is 4.68 Å². The lowest BCUT2D eigenvalue weighted by atomic mass is 9.92. The first-order valence-electron chi connectivity index (χ1n) is 7.34. The Morgan fingerprint density at radius 2 is 2.00 bits per heavy atom. The van der Waals surface area contributed by atoms with Crippen LogP contribution in [0, 0.1) is 13.8 Å². The molecule has 0 fully saturated rings. The van der Waals surface area contributed by atoms with Gasteiger partial charge in [-0.1, -0.05) is 0 Å². The van der Waals surface area contributed by atoms with E-state index >= 15 is 0 Å². The van der Waals surface area contributed by atoms with E-state index in [2.05, 4.69) is 14.9 Å². The molecule has 0 aliphatic heterocycles. The fourth-order valence-electron chi connectivity index (χ4n) is 3.37. The van der Waals surface area contributed by atoms with Gasteiger partial charge in [0.05, 0.1) is 17.9 Å². The molecule has 2 aromatic heterocycles. The zero-order valence-corrected chi connectivity index (χ0v) is 14.1. The molecular formula is C14H21N5O2S. The van der Waals surface area contributed by atoms with Gasteiger partial charge < -0.3 is 0 Å². The van der Waals surface area contributed by atoms with Gasteiger partial charge in [-0.25, -0.2) is 13.1 Å². The minimum absolute atomic E-state index is 0.223. The van der Waals surface area contributed by atoms with Crippen molar-refractivity contribution >= 4 is 10.0 Å². The Bertz CT molecular complexity index is 799. The Balaban J connectivity index is 1.99. The molecule has 1 unspecified atom stereocenters. The van der Waals surface area contributed by atoms with Crippen LogP contribution in [-0.2, 0) is 30.5 Å². The zero-order chi connectivity index (χ0) is 16.1. The van der Waals surface area contributed by atoms with Crippen LogP contribution in [0.25, 0.3) is 0 Å². The van der Waals surface area contributed by atoms with Crippen molar-refractivity contribution in [1.29, 1.82) is 0 Å². The van der Waals surface area contributed by atoms with Gasteiger partial charge in [0.1, 0.15) is 0 Å². The molecule has 3 rings (SSSR count). The van der Waals surface area contributed by atoms with Crippen molar-refractivity contribution in [3.63, 3.8) is 0 Å². The Kier molecular flexibility index (Phi) is 3.60. The SMILES string of the molecule is Cc1cnn(C)c1S(=O)(=O)NC1CCCc2c1c(C)nn2C. The van der Waals surface area contributed by atoms with Crippen molar-refractivity contribution in [2.24, 2.45) is 14.1 Å². The third-order valence-electron chi connectivity index (χ3n) is 4.25. The van der Waals surface area contributed by atoms with Gasteiger partial charge in [0, 0.05) is 30.9 Å². The van der Waals surface area contributed by atoms with Gasteiger partial charge in [0.2, 0.25) is 0 Å². The summed E-state index contributed by atoms with van der Waals surface area (Å²) < 4.78 is 31.6. The number of rotatable bonds is 3. The lowest BCUT2D eigenvalue weighted by molar-refractivity contribution is 0.491. The van der Waals surface area contributed by atoms with Gasteiger partial charge in [-0.2, -0.15) is 10.2 Å². The van der Waals surface area contributed by atoms with Crippen molar-refractivity contribution < 1.29 is 8.42 Å². The molecule has 0 bridgehead atoms. The average molecular weight is 323 g/mol. The number of fused-ring (bicyclic) bond motifs is 1. The molecule has 0 amide bonds. The van der Waals surface area contributed by atoms with Crippen molar-refractivity contribution in [2.45, 2.75) is 44.2 Å². The summed E-state index contributed by atoms with van der Waals surface area (Å²) in [6.07, 6.45) is 4.24. The van der Waals surface area contributed by atoms with Gasteiger partial charge in [0.25, 0.3) is 10.0 Å². The second kappa shape index (κ2) is 5.20. The fourth-order valence-corrected chi connectivity index (χ4v) is 4.97. The number of aryl methyl sites for hydroxylation is 4. The second-order valence-corrected chi connectivity index (χ2v) is 7.52. The summed E-state index contributed by atoms with van der Waals surface area (Å²) >= 11 is 0. The molecule has 120 valence electrons. The predicted molar refractivity (Wildman–Crippen MR) is 81.9 cm³/mol. The molecule has 22 heavy (non-hydrogen) atoms. The van der Waals surface area contributed by atoms with Gasteiger partial charge in [-0.3, -0.25) is 9.36 Å². The van der Waals surface area contributed by atoms with Crippen LogP contribution < -0.4 is 4.72 Å². The summed E-state index contributed by atoms with van der Waals surface area (Å²) in [4.78, 5) is 0. The normalized spacial score (nSPS) is 18.5. The zero-order valence-electron chi connectivity index (χ0n) is 13.3. The Labute approximate surface area is 130 Å². The standard InChI is InChI=1S/C14H21N5O2S/c1-9-8-15-19(4)14(9)22(20,21)17-11-6-5-7-12-13(11)10(2)16-18(12)3/h8,11,17H,5-7H2,1-4H3. The second-order valence-electron chi connectivity index (χ2n) is 5.89. The predicted octanol–water partition coefficient (Wildman–Crippen LogP) is 1.13. The summed E-state index contributed by atoms with van der Waals surface area (Å²) in [7, 11) is -0.0620. The fraction of sp³-hybridized carbons (Fsp3) is 0.571. The third-order valence-corrected chi connectivity index (χ3v) is 5.94. The molecule has 0 radical (unpaired) electrons. The van der Waals surface area contributed by atoms with Gasteiger partial charge >= 0.3 is 0 Å². The Hall–Kier alpha value is -1.67. The first-order valence-corrected chi connectivity index (χ1v) is 8.83. The van der Waals surface area contributed by atoms with Crippen LogP contribution in [0.15, 0.2) is 11.2 Å². The largest absolute Gasteiger partial charge is 0.272 e. The maximum Gasteiger partial charge on any atom is 0.258 e. The molecule has 1 aliphatic rings. The van der Waals surface area contributed by atoms with Crippen LogP contribution in [0.1, 0.15) is 41.4 Å². The monoisotopic (exact) mass is 323 g/mol. The van der Waals surface area contributed by atoms with Crippen LogP contribution >= 0.6 is 0 Å². The number of nitrogens with one attached hydrogen (secondary N) is 1. The minimum Gasteiger partial charge on any atom is -0.272 e. The number of aromatic nitrogens is 4. The van der Waals surface area contributed by atoms with E-state index in [9.17, 15) is 8.42 Å². The number of sulfonamides is 1. The van der Waals surface area contributed by atoms with E-state index in [-0.39, 0.29) is 11.1 Å². The molecule has 0 saturated heterocycles. The van der Waals surface area contributed by atoms with E-state index in [0.717, 1.165) is 36.2 Å². The van der Waals surface area contributed by atoms with E-state index in [0.29, 0.717) is 5.56 Å². The molecule has 7 nitrogen and oxygen atoms in total.